The third kappa shape index (κ3) is 2.54. The highest BCUT2D eigenvalue weighted by Gasteiger charge is 2.30. The van der Waals surface area contributed by atoms with E-state index in [1.54, 1.807) is 6.07 Å². The van der Waals surface area contributed by atoms with E-state index >= 15 is 0 Å². The summed E-state index contributed by atoms with van der Waals surface area (Å²) in [6.45, 7) is 1.28. The first-order chi connectivity index (χ1) is 7.39. The van der Waals surface area contributed by atoms with Crippen LogP contribution in [0, 0.1) is 0 Å². The predicted octanol–water partition coefficient (Wildman–Crippen LogP) is 1.68. The third-order valence-corrected chi connectivity index (χ3v) is 4.39. The number of esters is 1. The number of carbonyl (C=O) groups is 1. The van der Waals surface area contributed by atoms with Crippen molar-refractivity contribution in [3.05, 3.63) is 29.3 Å². The monoisotopic (exact) mass is 262 g/mol. The second-order valence-electron chi connectivity index (χ2n) is 3.17. The van der Waals surface area contributed by atoms with Crippen LogP contribution in [0.5, 0.6) is 0 Å². The number of sulfone groups is 1. The van der Waals surface area contributed by atoms with Crippen molar-refractivity contribution in [2.75, 3.05) is 7.11 Å². The van der Waals surface area contributed by atoms with Crippen molar-refractivity contribution in [2.45, 2.75) is 17.1 Å². The average molecular weight is 263 g/mol. The molecule has 0 aliphatic heterocycles. The average Bonchev–Trinajstić information content (AvgIpc) is 2.27. The SMILES string of the molecule is COC(=O)C(C)S(=O)(=O)c1cccc(Cl)c1. The fraction of sp³-hybridized carbons (Fsp3) is 0.300. The number of carbonyl (C=O) groups excluding carboxylic acids is 1. The molecule has 0 saturated carbocycles. The summed E-state index contributed by atoms with van der Waals surface area (Å²) in [5.41, 5.74) is 0. The summed E-state index contributed by atoms with van der Waals surface area (Å²) in [4.78, 5) is 11.2. The number of methoxy groups -OCH3 is 1. The van der Waals surface area contributed by atoms with Gasteiger partial charge >= 0.3 is 5.97 Å². The van der Waals surface area contributed by atoms with Crippen LogP contribution >= 0.6 is 11.6 Å². The van der Waals surface area contributed by atoms with Gasteiger partial charge in [0, 0.05) is 5.02 Å². The van der Waals surface area contributed by atoms with Crippen LogP contribution in [0.15, 0.2) is 29.2 Å². The Morgan fingerprint density at radius 3 is 2.56 bits per heavy atom. The molecule has 0 aliphatic rings. The molecule has 0 bridgehead atoms. The van der Waals surface area contributed by atoms with E-state index in [2.05, 4.69) is 4.74 Å². The molecule has 0 aliphatic carbocycles. The van der Waals surface area contributed by atoms with Gasteiger partial charge < -0.3 is 4.74 Å². The molecule has 1 unspecified atom stereocenters. The quantitative estimate of drug-likeness (QED) is 0.778. The Bertz CT molecular complexity index is 495. The van der Waals surface area contributed by atoms with Crippen LogP contribution in [0.2, 0.25) is 5.02 Å². The number of rotatable bonds is 3. The van der Waals surface area contributed by atoms with Gasteiger partial charge in [-0.25, -0.2) is 8.42 Å². The second kappa shape index (κ2) is 4.84. The van der Waals surface area contributed by atoms with Crippen LogP contribution < -0.4 is 0 Å². The van der Waals surface area contributed by atoms with E-state index in [0.29, 0.717) is 5.02 Å². The summed E-state index contributed by atoms with van der Waals surface area (Å²) in [7, 11) is -2.59. The molecule has 6 heteroatoms. The Kier molecular flexibility index (Phi) is 3.93. The van der Waals surface area contributed by atoms with Crippen LogP contribution in [-0.4, -0.2) is 26.7 Å². The normalized spacial score (nSPS) is 13.2. The lowest BCUT2D eigenvalue weighted by molar-refractivity contribution is -0.139. The van der Waals surface area contributed by atoms with Crippen molar-refractivity contribution >= 4 is 27.4 Å². The fourth-order valence-electron chi connectivity index (χ4n) is 1.14. The zero-order valence-electron chi connectivity index (χ0n) is 8.81. The molecule has 1 atom stereocenters. The van der Waals surface area contributed by atoms with Gasteiger partial charge in [-0.05, 0) is 25.1 Å². The van der Waals surface area contributed by atoms with Crippen molar-refractivity contribution in [1.82, 2.24) is 0 Å². The van der Waals surface area contributed by atoms with Gasteiger partial charge in [0.2, 0.25) is 0 Å². The van der Waals surface area contributed by atoms with Crippen molar-refractivity contribution in [2.24, 2.45) is 0 Å². The Morgan fingerprint density at radius 1 is 1.44 bits per heavy atom. The standard InChI is InChI=1S/C10H11ClO4S/c1-7(10(12)15-2)16(13,14)9-5-3-4-8(11)6-9/h3-7H,1-2H3. The molecule has 1 rings (SSSR count). The minimum absolute atomic E-state index is 0.0119. The first-order valence-corrected chi connectivity index (χ1v) is 6.39. The van der Waals surface area contributed by atoms with Gasteiger partial charge in [0.25, 0.3) is 0 Å². The summed E-state index contributed by atoms with van der Waals surface area (Å²) in [5.74, 6) is -0.792. The summed E-state index contributed by atoms with van der Waals surface area (Å²) in [6.07, 6.45) is 0. The molecule has 0 N–H and O–H groups in total. The van der Waals surface area contributed by atoms with Gasteiger partial charge in [0.05, 0.1) is 12.0 Å². The van der Waals surface area contributed by atoms with E-state index in [9.17, 15) is 13.2 Å². The number of benzene rings is 1. The molecule has 1 aromatic rings. The lowest BCUT2D eigenvalue weighted by Crippen LogP contribution is -2.28. The van der Waals surface area contributed by atoms with E-state index in [0.717, 1.165) is 7.11 Å². The molecular formula is C10H11ClO4S. The molecule has 0 spiro atoms. The van der Waals surface area contributed by atoms with Crippen LogP contribution in [0.4, 0.5) is 0 Å². The lowest BCUT2D eigenvalue weighted by Gasteiger charge is -2.10. The zero-order chi connectivity index (χ0) is 12.3. The highest BCUT2D eigenvalue weighted by molar-refractivity contribution is 7.92. The van der Waals surface area contributed by atoms with E-state index < -0.39 is 21.1 Å². The minimum Gasteiger partial charge on any atom is -0.468 e. The van der Waals surface area contributed by atoms with E-state index in [4.69, 9.17) is 11.6 Å². The molecular weight excluding hydrogens is 252 g/mol. The van der Waals surface area contributed by atoms with Gasteiger partial charge in [-0.15, -0.1) is 0 Å². The van der Waals surface area contributed by atoms with E-state index in [-0.39, 0.29) is 4.90 Å². The molecule has 0 fully saturated rings. The topological polar surface area (TPSA) is 60.4 Å². The number of halogens is 1. The second-order valence-corrected chi connectivity index (χ2v) is 5.87. The lowest BCUT2D eigenvalue weighted by atomic mass is 10.4. The maximum atomic E-state index is 11.9. The predicted molar refractivity (Wildman–Crippen MR) is 60.1 cm³/mol. The van der Waals surface area contributed by atoms with Crippen molar-refractivity contribution in [3.8, 4) is 0 Å². The summed E-state index contributed by atoms with van der Waals surface area (Å²) in [6, 6.07) is 5.76. The van der Waals surface area contributed by atoms with Gasteiger partial charge in [0.1, 0.15) is 0 Å². The molecule has 88 valence electrons. The van der Waals surface area contributed by atoms with Gasteiger partial charge in [-0.2, -0.15) is 0 Å². The highest BCUT2D eigenvalue weighted by Crippen LogP contribution is 2.20. The smallest absolute Gasteiger partial charge is 0.324 e. The van der Waals surface area contributed by atoms with E-state index in [1.165, 1.54) is 25.1 Å². The maximum Gasteiger partial charge on any atom is 0.324 e. The Labute approximate surface area is 99.1 Å². The first kappa shape index (κ1) is 13.0. The van der Waals surface area contributed by atoms with Crippen LogP contribution in [-0.2, 0) is 19.4 Å². The Balaban J connectivity index is 3.17. The Hall–Kier alpha value is -1.07. The molecule has 1 aromatic carbocycles. The first-order valence-electron chi connectivity index (χ1n) is 4.47. The van der Waals surface area contributed by atoms with Gasteiger partial charge in [0.15, 0.2) is 15.1 Å². The molecule has 0 radical (unpaired) electrons. The highest BCUT2D eigenvalue weighted by atomic mass is 35.5. The molecule has 0 amide bonds. The van der Waals surface area contributed by atoms with Gasteiger partial charge in [-0.1, -0.05) is 17.7 Å². The fourth-order valence-corrected chi connectivity index (χ4v) is 2.71. The molecule has 16 heavy (non-hydrogen) atoms. The maximum absolute atomic E-state index is 11.9. The minimum atomic E-state index is -3.73. The Morgan fingerprint density at radius 2 is 2.06 bits per heavy atom. The number of hydrogen-bond donors (Lipinski definition) is 0. The van der Waals surface area contributed by atoms with E-state index in [1.807, 2.05) is 0 Å². The number of hydrogen-bond acceptors (Lipinski definition) is 4. The van der Waals surface area contributed by atoms with Gasteiger partial charge in [-0.3, -0.25) is 4.79 Å². The molecule has 0 aromatic heterocycles. The van der Waals surface area contributed by atoms with Crippen LogP contribution in [0.25, 0.3) is 0 Å². The largest absolute Gasteiger partial charge is 0.468 e. The summed E-state index contributed by atoms with van der Waals surface area (Å²) >= 11 is 5.69. The molecule has 0 saturated heterocycles. The van der Waals surface area contributed by atoms with Crippen molar-refractivity contribution in [3.63, 3.8) is 0 Å². The summed E-state index contributed by atoms with van der Waals surface area (Å²) < 4.78 is 28.2. The van der Waals surface area contributed by atoms with Crippen molar-refractivity contribution in [1.29, 1.82) is 0 Å². The number of ether oxygens (including phenoxy) is 1. The summed E-state index contributed by atoms with van der Waals surface area (Å²) in [5, 5.41) is -0.936. The zero-order valence-corrected chi connectivity index (χ0v) is 10.4. The molecule has 4 nitrogen and oxygen atoms in total. The van der Waals surface area contributed by atoms with Crippen molar-refractivity contribution < 1.29 is 17.9 Å². The van der Waals surface area contributed by atoms with Crippen LogP contribution in [0.3, 0.4) is 0 Å². The van der Waals surface area contributed by atoms with Crippen LogP contribution in [0.1, 0.15) is 6.92 Å². The third-order valence-electron chi connectivity index (χ3n) is 2.12. The molecule has 0 heterocycles.